The first-order valence-corrected chi connectivity index (χ1v) is 8.00. The van der Waals surface area contributed by atoms with Gasteiger partial charge in [-0.15, -0.1) is 0 Å². The number of Topliss-reactive ketones (excluding diaryl/α,β-unsaturated/α-hetero) is 1. The van der Waals surface area contributed by atoms with Gasteiger partial charge in [0.2, 0.25) is 0 Å². The molecule has 1 aromatic carbocycles. The molecule has 4 heteroatoms. The van der Waals surface area contributed by atoms with Crippen LogP contribution in [-0.2, 0) is 0 Å². The predicted octanol–water partition coefficient (Wildman–Crippen LogP) is 2.91. The van der Waals surface area contributed by atoms with Gasteiger partial charge < -0.3 is 9.80 Å². The highest BCUT2D eigenvalue weighted by atomic mass is 79.9. The number of ketones is 1. The van der Waals surface area contributed by atoms with Crippen molar-refractivity contribution in [2.75, 3.05) is 40.3 Å². The average Bonchev–Trinajstić information content (AvgIpc) is 2.82. The van der Waals surface area contributed by atoms with Crippen molar-refractivity contribution >= 4 is 21.7 Å². The number of rotatable bonds is 6. The summed E-state index contributed by atoms with van der Waals surface area (Å²) >= 11 is 3.39. The van der Waals surface area contributed by atoms with Crippen molar-refractivity contribution in [2.24, 2.45) is 5.92 Å². The van der Waals surface area contributed by atoms with Crippen LogP contribution in [0, 0.1) is 5.92 Å². The molecule has 1 aliphatic rings. The predicted molar refractivity (Wildman–Crippen MR) is 86.2 cm³/mol. The molecule has 1 unspecified atom stereocenters. The van der Waals surface area contributed by atoms with E-state index < -0.39 is 0 Å². The summed E-state index contributed by atoms with van der Waals surface area (Å²) in [6, 6.07) is 7.62. The fraction of sp³-hybridized carbons (Fsp3) is 0.562. The van der Waals surface area contributed by atoms with Crippen molar-refractivity contribution in [1.82, 2.24) is 9.80 Å². The van der Waals surface area contributed by atoms with Gasteiger partial charge in [0.15, 0.2) is 5.78 Å². The smallest absolute Gasteiger partial charge is 0.164 e. The van der Waals surface area contributed by atoms with Gasteiger partial charge >= 0.3 is 0 Å². The van der Waals surface area contributed by atoms with E-state index in [1.54, 1.807) is 0 Å². The van der Waals surface area contributed by atoms with Crippen molar-refractivity contribution < 1.29 is 4.79 Å². The molecule has 1 fully saturated rings. The zero-order valence-electron chi connectivity index (χ0n) is 12.3. The number of halogens is 1. The maximum absolute atomic E-state index is 12.1. The lowest BCUT2D eigenvalue weighted by Crippen LogP contribution is -2.29. The van der Waals surface area contributed by atoms with Gasteiger partial charge in [0.25, 0.3) is 0 Å². The third-order valence-electron chi connectivity index (χ3n) is 3.95. The topological polar surface area (TPSA) is 23.6 Å². The van der Waals surface area contributed by atoms with Gasteiger partial charge in [-0.3, -0.25) is 4.79 Å². The summed E-state index contributed by atoms with van der Waals surface area (Å²) in [5.74, 6) is 0.987. The third-order valence-corrected chi connectivity index (χ3v) is 4.47. The minimum absolute atomic E-state index is 0.230. The molecule has 110 valence electrons. The third kappa shape index (κ3) is 4.69. The average molecular weight is 339 g/mol. The second kappa shape index (κ2) is 7.34. The van der Waals surface area contributed by atoms with Crippen molar-refractivity contribution in [2.45, 2.75) is 12.8 Å². The van der Waals surface area contributed by atoms with Crippen molar-refractivity contribution in [1.29, 1.82) is 0 Å². The summed E-state index contributed by atoms with van der Waals surface area (Å²) < 4.78 is 1.01. The molecule has 2 rings (SSSR count). The van der Waals surface area contributed by atoms with Crippen LogP contribution in [0.1, 0.15) is 23.2 Å². The summed E-state index contributed by atoms with van der Waals surface area (Å²) in [6.45, 7) is 4.33. The molecule has 1 heterocycles. The van der Waals surface area contributed by atoms with E-state index in [4.69, 9.17) is 0 Å². The summed E-state index contributed by atoms with van der Waals surface area (Å²) in [7, 11) is 4.30. The highest BCUT2D eigenvalue weighted by Crippen LogP contribution is 2.16. The van der Waals surface area contributed by atoms with Gasteiger partial charge in [0.1, 0.15) is 0 Å². The van der Waals surface area contributed by atoms with Crippen LogP contribution < -0.4 is 0 Å². The van der Waals surface area contributed by atoms with Crippen LogP contribution in [0.15, 0.2) is 28.7 Å². The molecule has 0 spiro atoms. The van der Waals surface area contributed by atoms with Crippen LogP contribution in [0.3, 0.4) is 0 Å². The fourth-order valence-electron chi connectivity index (χ4n) is 2.78. The number of benzene rings is 1. The van der Waals surface area contributed by atoms with E-state index in [1.165, 1.54) is 19.5 Å². The zero-order chi connectivity index (χ0) is 14.5. The summed E-state index contributed by atoms with van der Waals surface area (Å²) in [5, 5.41) is 0. The maximum Gasteiger partial charge on any atom is 0.164 e. The molecule has 1 atom stereocenters. The molecule has 3 nitrogen and oxygen atoms in total. The number of nitrogens with zero attached hydrogens (tertiary/aromatic N) is 2. The Morgan fingerprint density at radius 1 is 1.40 bits per heavy atom. The first kappa shape index (κ1) is 15.7. The normalized spacial score (nSPS) is 19.7. The van der Waals surface area contributed by atoms with Crippen LogP contribution in [0.5, 0.6) is 0 Å². The van der Waals surface area contributed by atoms with Crippen LogP contribution in [0.4, 0.5) is 0 Å². The monoisotopic (exact) mass is 338 g/mol. The van der Waals surface area contributed by atoms with E-state index in [9.17, 15) is 4.79 Å². The van der Waals surface area contributed by atoms with Crippen LogP contribution in [0.2, 0.25) is 0 Å². The second-order valence-electron chi connectivity index (χ2n) is 5.86. The number of carbonyl (C=O) groups is 1. The first-order chi connectivity index (χ1) is 9.54. The molecule has 0 radical (unpaired) electrons. The van der Waals surface area contributed by atoms with E-state index in [2.05, 4.69) is 39.8 Å². The standard InChI is InChI=1S/C16H23BrN2O/c1-18-9-7-13(11-18)12-19(2)10-8-16(20)14-3-5-15(17)6-4-14/h3-6,13H,7-12H2,1-2H3. The summed E-state index contributed by atoms with van der Waals surface area (Å²) in [6.07, 6.45) is 1.88. The quantitative estimate of drug-likeness (QED) is 0.745. The maximum atomic E-state index is 12.1. The molecule has 0 amide bonds. The van der Waals surface area contributed by atoms with Gasteiger partial charge in [-0.05, 0) is 45.1 Å². The second-order valence-corrected chi connectivity index (χ2v) is 6.77. The first-order valence-electron chi connectivity index (χ1n) is 7.20. The molecule has 0 bridgehead atoms. The number of hydrogen-bond donors (Lipinski definition) is 0. The lowest BCUT2D eigenvalue weighted by molar-refractivity contribution is 0.0966. The highest BCUT2D eigenvalue weighted by molar-refractivity contribution is 9.10. The Bertz CT molecular complexity index is 446. The molecule has 1 aromatic rings. The minimum Gasteiger partial charge on any atom is -0.306 e. The minimum atomic E-state index is 0.230. The fourth-order valence-corrected chi connectivity index (χ4v) is 3.04. The number of carbonyl (C=O) groups excluding carboxylic acids is 1. The Labute approximate surface area is 130 Å². The summed E-state index contributed by atoms with van der Waals surface area (Å²) in [5.41, 5.74) is 0.808. The van der Waals surface area contributed by atoms with Crippen LogP contribution in [-0.4, -0.2) is 55.9 Å². The molecule has 0 aromatic heterocycles. The summed E-state index contributed by atoms with van der Waals surface area (Å²) in [4.78, 5) is 16.8. The van der Waals surface area contributed by atoms with E-state index in [-0.39, 0.29) is 5.78 Å². The van der Waals surface area contributed by atoms with Gasteiger partial charge in [0.05, 0.1) is 0 Å². The molecule has 0 saturated carbocycles. The zero-order valence-corrected chi connectivity index (χ0v) is 13.9. The lowest BCUT2D eigenvalue weighted by Gasteiger charge is -2.20. The Hall–Kier alpha value is -0.710. The van der Waals surface area contributed by atoms with Crippen LogP contribution in [0.25, 0.3) is 0 Å². The molecular weight excluding hydrogens is 316 g/mol. The van der Waals surface area contributed by atoms with Crippen LogP contribution >= 0.6 is 15.9 Å². The Balaban J connectivity index is 1.74. The van der Waals surface area contributed by atoms with Crippen molar-refractivity contribution in [3.63, 3.8) is 0 Å². The number of likely N-dealkylation sites (tertiary alicyclic amines) is 1. The van der Waals surface area contributed by atoms with E-state index in [0.717, 1.165) is 29.0 Å². The number of hydrogen-bond acceptors (Lipinski definition) is 3. The molecular formula is C16H23BrN2O. The van der Waals surface area contributed by atoms with Gasteiger partial charge in [-0.2, -0.15) is 0 Å². The molecule has 0 N–H and O–H groups in total. The largest absolute Gasteiger partial charge is 0.306 e. The van der Waals surface area contributed by atoms with E-state index >= 15 is 0 Å². The lowest BCUT2D eigenvalue weighted by atomic mass is 10.1. The molecule has 1 aliphatic heterocycles. The van der Waals surface area contributed by atoms with Gasteiger partial charge in [0, 0.05) is 36.1 Å². The Morgan fingerprint density at radius 3 is 2.70 bits per heavy atom. The SMILES string of the molecule is CN(CCC(=O)c1ccc(Br)cc1)CC1CCN(C)C1. The van der Waals surface area contributed by atoms with Crippen molar-refractivity contribution in [3.05, 3.63) is 34.3 Å². The van der Waals surface area contributed by atoms with Gasteiger partial charge in [-0.1, -0.05) is 28.1 Å². The van der Waals surface area contributed by atoms with Gasteiger partial charge in [-0.25, -0.2) is 0 Å². The Kier molecular flexibility index (Phi) is 5.75. The van der Waals surface area contributed by atoms with Crippen molar-refractivity contribution in [3.8, 4) is 0 Å². The highest BCUT2D eigenvalue weighted by Gasteiger charge is 2.20. The molecule has 20 heavy (non-hydrogen) atoms. The molecule has 0 aliphatic carbocycles. The molecule has 1 saturated heterocycles. The van der Waals surface area contributed by atoms with E-state index in [0.29, 0.717) is 6.42 Å². The van der Waals surface area contributed by atoms with E-state index in [1.807, 2.05) is 24.3 Å². The Morgan fingerprint density at radius 2 is 2.10 bits per heavy atom.